The van der Waals surface area contributed by atoms with E-state index in [1.165, 1.54) is 11.1 Å². The second-order valence-electron chi connectivity index (χ2n) is 6.72. The maximum absolute atomic E-state index is 5.82. The highest BCUT2D eigenvalue weighted by Gasteiger charge is 2.12. The molecule has 1 aromatic heterocycles. The minimum Gasteiger partial charge on any atom is -0.398 e. The first kappa shape index (κ1) is 17.7. The third kappa shape index (κ3) is 3.58. The van der Waals surface area contributed by atoms with Crippen LogP contribution in [0.4, 0.5) is 17.2 Å². The van der Waals surface area contributed by atoms with Crippen molar-refractivity contribution in [2.24, 2.45) is 0 Å². The van der Waals surface area contributed by atoms with Gasteiger partial charge in [0.15, 0.2) is 5.82 Å². The second-order valence-corrected chi connectivity index (χ2v) is 6.72. The number of hydrogen-bond donors (Lipinski definition) is 1. The predicted molar refractivity (Wildman–Crippen MR) is 115 cm³/mol. The molecule has 0 saturated heterocycles. The van der Waals surface area contributed by atoms with Crippen molar-refractivity contribution < 1.29 is 0 Å². The van der Waals surface area contributed by atoms with Crippen molar-refractivity contribution in [3.63, 3.8) is 0 Å². The van der Waals surface area contributed by atoms with Crippen LogP contribution in [0.1, 0.15) is 5.56 Å². The van der Waals surface area contributed by atoms with Crippen LogP contribution in [0.25, 0.3) is 22.4 Å². The number of anilines is 3. The number of aromatic nitrogens is 2. The smallest absolute Gasteiger partial charge is 0.151 e. The maximum atomic E-state index is 5.82. The number of nitrogens with zero attached hydrogens (tertiary/aromatic N) is 3. The Bertz CT molecular complexity index is 1090. The van der Waals surface area contributed by atoms with Gasteiger partial charge in [-0.15, -0.1) is 0 Å². The summed E-state index contributed by atoms with van der Waals surface area (Å²) >= 11 is 0. The normalized spacial score (nSPS) is 10.6. The summed E-state index contributed by atoms with van der Waals surface area (Å²) in [6.07, 6.45) is 3.53. The van der Waals surface area contributed by atoms with Gasteiger partial charge in [-0.25, -0.2) is 4.98 Å². The van der Waals surface area contributed by atoms with Crippen LogP contribution < -0.4 is 10.6 Å². The molecule has 4 aromatic rings. The molecule has 4 heteroatoms. The number of para-hydroxylation sites is 1. The molecule has 0 fully saturated rings. The molecule has 0 aliphatic rings. The van der Waals surface area contributed by atoms with E-state index in [9.17, 15) is 0 Å². The number of hydrogen-bond acceptors (Lipinski definition) is 4. The molecule has 4 rings (SSSR count). The molecule has 0 bridgehead atoms. The summed E-state index contributed by atoms with van der Waals surface area (Å²) in [5, 5.41) is 0. The van der Waals surface area contributed by atoms with Crippen molar-refractivity contribution in [3.8, 4) is 22.4 Å². The lowest BCUT2D eigenvalue weighted by atomic mass is 10.0. The van der Waals surface area contributed by atoms with E-state index in [0.29, 0.717) is 5.69 Å². The molecule has 0 spiro atoms. The van der Waals surface area contributed by atoms with Crippen molar-refractivity contribution in [2.45, 2.75) is 6.92 Å². The lowest BCUT2D eigenvalue weighted by Crippen LogP contribution is -2.12. The minimum absolute atomic E-state index is 0.590. The molecule has 137 valence electrons. The van der Waals surface area contributed by atoms with Gasteiger partial charge in [-0.1, -0.05) is 60.2 Å². The molecule has 0 unspecified atom stereocenters. The van der Waals surface area contributed by atoms with Crippen LogP contribution >= 0.6 is 0 Å². The highest BCUT2D eigenvalue weighted by atomic mass is 15.2. The molecule has 2 N–H and O–H groups in total. The van der Waals surface area contributed by atoms with Gasteiger partial charge in [0.1, 0.15) is 0 Å². The first-order chi connectivity index (χ1) is 13.6. The van der Waals surface area contributed by atoms with E-state index in [-0.39, 0.29) is 0 Å². The van der Waals surface area contributed by atoms with Gasteiger partial charge in [0, 0.05) is 35.6 Å². The zero-order valence-electron chi connectivity index (χ0n) is 15.9. The fourth-order valence-corrected chi connectivity index (χ4v) is 3.14. The largest absolute Gasteiger partial charge is 0.398 e. The topological polar surface area (TPSA) is 55.0 Å². The van der Waals surface area contributed by atoms with Gasteiger partial charge in [0.2, 0.25) is 0 Å². The third-order valence-corrected chi connectivity index (χ3v) is 4.70. The summed E-state index contributed by atoms with van der Waals surface area (Å²) in [5.41, 5.74) is 12.6. The van der Waals surface area contributed by atoms with Gasteiger partial charge in [-0.3, -0.25) is 4.98 Å². The summed E-state index contributed by atoms with van der Waals surface area (Å²) in [6.45, 7) is 2.09. The number of nitrogen functional groups attached to an aromatic ring is 1. The van der Waals surface area contributed by atoms with Crippen LogP contribution in [0.3, 0.4) is 0 Å². The predicted octanol–water partition coefficient (Wildman–Crippen LogP) is 5.27. The van der Waals surface area contributed by atoms with Crippen LogP contribution in [0.2, 0.25) is 0 Å². The lowest BCUT2D eigenvalue weighted by Gasteiger charge is -2.21. The van der Waals surface area contributed by atoms with Crippen LogP contribution in [0, 0.1) is 13.0 Å². The van der Waals surface area contributed by atoms with Gasteiger partial charge >= 0.3 is 0 Å². The fraction of sp³-hybridized carbons (Fsp3) is 0.0833. The Morgan fingerprint density at radius 3 is 2.36 bits per heavy atom. The molecular formula is C24H21N4. The van der Waals surface area contributed by atoms with E-state index in [4.69, 9.17) is 5.73 Å². The van der Waals surface area contributed by atoms with Crippen molar-refractivity contribution >= 4 is 17.2 Å². The van der Waals surface area contributed by atoms with E-state index in [0.717, 1.165) is 28.3 Å². The Morgan fingerprint density at radius 1 is 0.857 bits per heavy atom. The van der Waals surface area contributed by atoms with Crippen LogP contribution in [0.15, 0.2) is 79.1 Å². The first-order valence-electron chi connectivity index (χ1n) is 9.12. The Morgan fingerprint density at radius 2 is 1.64 bits per heavy atom. The van der Waals surface area contributed by atoms with Crippen LogP contribution in [-0.2, 0) is 0 Å². The molecule has 0 atom stereocenters. The van der Waals surface area contributed by atoms with E-state index >= 15 is 0 Å². The second kappa shape index (κ2) is 7.53. The average Bonchev–Trinajstić information content (AvgIpc) is 2.74. The molecule has 0 saturated carbocycles. The molecule has 28 heavy (non-hydrogen) atoms. The van der Waals surface area contributed by atoms with Gasteiger partial charge in [0.25, 0.3) is 0 Å². The first-order valence-corrected chi connectivity index (χ1v) is 9.12. The average molecular weight is 365 g/mol. The van der Waals surface area contributed by atoms with Crippen LogP contribution in [0.5, 0.6) is 0 Å². The highest BCUT2D eigenvalue weighted by molar-refractivity contribution is 5.81. The van der Waals surface area contributed by atoms with Crippen molar-refractivity contribution in [1.82, 2.24) is 9.97 Å². The minimum atomic E-state index is 0.590. The molecule has 3 aromatic carbocycles. The Hall–Kier alpha value is -3.66. The maximum Gasteiger partial charge on any atom is 0.151 e. The third-order valence-electron chi connectivity index (χ3n) is 4.70. The number of nitrogens with two attached hydrogens (primary N) is 1. The van der Waals surface area contributed by atoms with Gasteiger partial charge in [-0.2, -0.15) is 0 Å². The number of aryl methyl sites for hydroxylation is 1. The molecular weight excluding hydrogens is 344 g/mol. The van der Waals surface area contributed by atoms with Crippen LogP contribution in [-0.4, -0.2) is 17.0 Å². The Balaban J connectivity index is 1.67. The Labute approximate surface area is 165 Å². The Kier molecular flexibility index (Phi) is 4.77. The summed E-state index contributed by atoms with van der Waals surface area (Å²) in [7, 11) is 2.00. The van der Waals surface area contributed by atoms with Crippen molar-refractivity contribution in [1.29, 1.82) is 0 Å². The standard InChI is InChI=1S/C24H21N4/c1-17-10-12-18(13-11-17)21-8-3-4-9-23(21)28(2)24-16-26-22(15-27-24)19-6-5-7-20(25)14-19/h3-13,15-16H,25H2,1-2H3. The number of rotatable bonds is 4. The quantitative estimate of drug-likeness (QED) is 0.501. The molecule has 0 aliphatic carbocycles. The zero-order chi connectivity index (χ0) is 19.5. The van der Waals surface area contributed by atoms with Gasteiger partial charge in [0.05, 0.1) is 18.1 Å². The number of benzene rings is 3. The summed E-state index contributed by atoms with van der Waals surface area (Å²) in [6, 6.07) is 25.6. The molecule has 1 radical (unpaired) electrons. The summed E-state index contributed by atoms with van der Waals surface area (Å²) in [4.78, 5) is 11.2. The molecule has 1 heterocycles. The van der Waals surface area contributed by atoms with E-state index in [1.54, 1.807) is 18.5 Å². The van der Waals surface area contributed by atoms with Gasteiger partial charge < -0.3 is 10.6 Å². The molecule has 4 nitrogen and oxygen atoms in total. The monoisotopic (exact) mass is 365 g/mol. The van der Waals surface area contributed by atoms with E-state index < -0.39 is 0 Å². The highest BCUT2D eigenvalue weighted by Crippen LogP contribution is 2.33. The fourth-order valence-electron chi connectivity index (χ4n) is 3.14. The zero-order valence-corrected chi connectivity index (χ0v) is 15.9. The van der Waals surface area contributed by atoms with Crippen molar-refractivity contribution in [3.05, 3.63) is 90.8 Å². The van der Waals surface area contributed by atoms with Gasteiger partial charge in [-0.05, 0) is 24.6 Å². The molecule has 0 amide bonds. The van der Waals surface area contributed by atoms with Crippen molar-refractivity contribution in [2.75, 3.05) is 17.7 Å². The SMILES string of the molecule is Cc1ccc(-c2ccccc2N(C)c2cnc(-c3[c]c(N)ccc3)cn2)cc1. The summed E-state index contributed by atoms with van der Waals surface area (Å²) < 4.78 is 0. The van der Waals surface area contributed by atoms with E-state index in [1.807, 2.05) is 25.2 Å². The lowest BCUT2D eigenvalue weighted by molar-refractivity contribution is 1.09. The molecule has 0 aliphatic heterocycles. The van der Waals surface area contributed by atoms with E-state index in [2.05, 4.69) is 70.3 Å². The summed E-state index contributed by atoms with van der Waals surface area (Å²) in [5.74, 6) is 0.771.